The van der Waals surface area contributed by atoms with Gasteiger partial charge in [-0.15, -0.1) is 0 Å². The van der Waals surface area contributed by atoms with Gasteiger partial charge in [0.05, 0.1) is 0 Å². The van der Waals surface area contributed by atoms with Crippen molar-refractivity contribution in [2.45, 2.75) is 90.0 Å². The van der Waals surface area contributed by atoms with Crippen LogP contribution >= 0.6 is 0 Å². The number of methoxy groups -OCH3 is 1. The van der Waals surface area contributed by atoms with Gasteiger partial charge in [-0.25, -0.2) is 0 Å². The Morgan fingerprint density at radius 3 is 2.44 bits per heavy atom. The molecule has 0 radical (unpaired) electrons. The molecule has 34 heavy (non-hydrogen) atoms. The van der Waals surface area contributed by atoms with E-state index in [1.807, 2.05) is 0 Å². The number of rotatable bonds is 9. The molecule has 1 aromatic carbocycles. The highest BCUT2D eigenvalue weighted by molar-refractivity contribution is 5.88. The summed E-state index contributed by atoms with van der Waals surface area (Å²) in [5.74, 6) is 0.368. The number of benzene rings is 1. The van der Waals surface area contributed by atoms with Crippen molar-refractivity contribution in [3.05, 3.63) is 35.4 Å². The fraction of sp³-hybridized carbons (Fsp3) is 0.704. The van der Waals surface area contributed by atoms with E-state index in [0.29, 0.717) is 18.9 Å². The molecule has 1 aliphatic carbocycles. The van der Waals surface area contributed by atoms with Crippen LogP contribution in [0.4, 0.5) is 0 Å². The molecule has 2 atom stereocenters. The van der Waals surface area contributed by atoms with Crippen molar-refractivity contribution < 1.29 is 14.3 Å². The summed E-state index contributed by atoms with van der Waals surface area (Å²) in [6, 6.07) is 8.85. The first kappa shape index (κ1) is 26.6. The second kappa shape index (κ2) is 12.7. The lowest BCUT2D eigenvalue weighted by molar-refractivity contribution is -0.147. The monoisotopic (exact) mass is 472 g/mol. The Labute approximate surface area is 205 Å². The average molecular weight is 473 g/mol. The maximum absolute atomic E-state index is 13.5. The predicted octanol–water partition coefficient (Wildman–Crippen LogP) is 2.85. The molecule has 0 aromatic heterocycles. The second-order valence-electron chi connectivity index (χ2n) is 10.6. The van der Waals surface area contributed by atoms with Crippen LogP contribution in [-0.2, 0) is 20.9 Å². The van der Waals surface area contributed by atoms with Crippen molar-refractivity contribution in [1.29, 1.82) is 0 Å². The average Bonchev–Trinajstić information content (AvgIpc) is 2.81. The zero-order valence-corrected chi connectivity index (χ0v) is 21.5. The molecule has 1 aliphatic heterocycles. The normalized spacial score (nSPS) is 25.6. The first-order valence-electron chi connectivity index (χ1n) is 12.9. The van der Waals surface area contributed by atoms with E-state index in [2.05, 4.69) is 55.3 Å². The number of hydrogen-bond donors (Lipinski definition) is 2. The number of aryl methyl sites for hydroxylation is 1. The number of nitrogens with two attached hydrogens (primary N) is 1. The number of carbonyl (C=O) groups excluding carboxylic acids is 2. The number of ether oxygens (including phenoxy) is 1. The first-order valence-corrected chi connectivity index (χ1v) is 12.9. The van der Waals surface area contributed by atoms with Crippen LogP contribution in [0, 0.1) is 12.8 Å². The molecule has 0 spiro atoms. The molecule has 2 aliphatic rings. The quantitative estimate of drug-likeness (QED) is 0.577. The molecular weight excluding hydrogens is 428 g/mol. The summed E-state index contributed by atoms with van der Waals surface area (Å²) < 4.78 is 5.12. The van der Waals surface area contributed by atoms with E-state index in [-0.39, 0.29) is 36.5 Å². The number of nitrogens with zero attached hydrogens (tertiary/aromatic N) is 2. The van der Waals surface area contributed by atoms with Gasteiger partial charge in [0.25, 0.3) is 0 Å². The van der Waals surface area contributed by atoms with Crippen molar-refractivity contribution in [3.63, 3.8) is 0 Å². The molecule has 3 N–H and O–H groups in total. The third kappa shape index (κ3) is 7.52. The Kier molecular flexibility index (Phi) is 9.92. The fourth-order valence-electron chi connectivity index (χ4n) is 5.33. The van der Waals surface area contributed by atoms with Crippen LogP contribution in [0.25, 0.3) is 0 Å². The highest BCUT2D eigenvalue weighted by atomic mass is 16.5. The maximum Gasteiger partial charge on any atom is 0.249 e. The summed E-state index contributed by atoms with van der Waals surface area (Å²) in [6.45, 7) is 8.96. The van der Waals surface area contributed by atoms with Gasteiger partial charge in [-0.3, -0.25) is 14.5 Å². The summed E-state index contributed by atoms with van der Waals surface area (Å²) in [5.41, 5.74) is 8.58. The molecule has 2 amide bonds. The lowest BCUT2D eigenvalue weighted by Gasteiger charge is -2.44. The van der Waals surface area contributed by atoms with E-state index in [1.165, 1.54) is 18.2 Å². The third-order valence-electron chi connectivity index (χ3n) is 7.21. The Morgan fingerprint density at radius 1 is 1.15 bits per heavy atom. The molecule has 1 aromatic rings. The van der Waals surface area contributed by atoms with E-state index in [4.69, 9.17) is 10.5 Å². The number of likely N-dealkylation sites (tertiary alicyclic amines) is 1. The number of hydrogen-bond acceptors (Lipinski definition) is 5. The fourth-order valence-corrected chi connectivity index (χ4v) is 5.33. The molecule has 1 unspecified atom stereocenters. The van der Waals surface area contributed by atoms with Crippen LogP contribution < -0.4 is 11.1 Å². The third-order valence-corrected chi connectivity index (χ3v) is 7.21. The SMILES string of the molecule is COCC(=O)N1CCC(N(Cc2ccc(C)cc2)CC(C)C)C[C@@H]1C(=O)NC1CCC(N)CC1. The highest BCUT2D eigenvalue weighted by Crippen LogP contribution is 2.26. The van der Waals surface area contributed by atoms with Gasteiger partial charge in [0, 0.05) is 44.9 Å². The van der Waals surface area contributed by atoms with Crippen LogP contribution in [0.15, 0.2) is 24.3 Å². The Hall–Kier alpha value is -1.96. The summed E-state index contributed by atoms with van der Waals surface area (Å²) in [5, 5.41) is 3.24. The minimum atomic E-state index is -0.468. The predicted molar refractivity (Wildman–Crippen MR) is 135 cm³/mol. The number of nitrogens with one attached hydrogen (secondary N) is 1. The summed E-state index contributed by atoms with van der Waals surface area (Å²) in [7, 11) is 1.52. The Morgan fingerprint density at radius 2 is 1.82 bits per heavy atom. The highest BCUT2D eigenvalue weighted by Gasteiger charge is 2.39. The Balaban J connectivity index is 1.74. The smallest absolute Gasteiger partial charge is 0.249 e. The molecular formula is C27H44N4O3. The van der Waals surface area contributed by atoms with Crippen molar-refractivity contribution >= 4 is 11.8 Å². The molecule has 2 fully saturated rings. The van der Waals surface area contributed by atoms with Crippen LogP contribution in [0.2, 0.25) is 0 Å². The molecule has 1 saturated carbocycles. The van der Waals surface area contributed by atoms with Crippen LogP contribution in [0.1, 0.15) is 63.5 Å². The van der Waals surface area contributed by atoms with Gasteiger partial charge in [0.2, 0.25) is 11.8 Å². The zero-order valence-electron chi connectivity index (χ0n) is 21.5. The van der Waals surface area contributed by atoms with Gasteiger partial charge in [-0.05, 0) is 56.9 Å². The first-order chi connectivity index (χ1) is 16.3. The number of piperidine rings is 1. The van der Waals surface area contributed by atoms with Crippen LogP contribution in [0.5, 0.6) is 0 Å². The molecule has 1 heterocycles. The lowest BCUT2D eigenvalue weighted by atomic mass is 9.90. The van der Waals surface area contributed by atoms with E-state index in [1.54, 1.807) is 4.90 Å². The van der Waals surface area contributed by atoms with Crippen molar-refractivity contribution in [1.82, 2.24) is 15.1 Å². The van der Waals surface area contributed by atoms with E-state index < -0.39 is 6.04 Å². The molecule has 0 bridgehead atoms. The van der Waals surface area contributed by atoms with Crippen molar-refractivity contribution in [2.75, 3.05) is 26.8 Å². The van der Waals surface area contributed by atoms with Gasteiger partial charge < -0.3 is 20.7 Å². The topological polar surface area (TPSA) is 87.9 Å². The standard InChI is InChI=1S/C27H44N4O3/c1-19(2)16-30(17-21-7-5-20(3)6-8-21)24-13-14-31(26(32)18-34-4)25(15-24)27(33)29-23-11-9-22(28)10-12-23/h5-8,19,22-25H,9-18,28H2,1-4H3,(H,29,33)/t22?,23?,24?,25-/m1/s1. The van der Waals surface area contributed by atoms with Gasteiger partial charge in [-0.2, -0.15) is 0 Å². The van der Waals surface area contributed by atoms with Crippen molar-refractivity contribution in [3.8, 4) is 0 Å². The van der Waals surface area contributed by atoms with Crippen molar-refractivity contribution in [2.24, 2.45) is 11.7 Å². The molecule has 190 valence electrons. The van der Waals surface area contributed by atoms with Crippen LogP contribution in [-0.4, -0.2) is 72.6 Å². The minimum absolute atomic E-state index is 0.00576. The van der Waals surface area contributed by atoms with E-state index in [9.17, 15) is 9.59 Å². The molecule has 1 saturated heterocycles. The summed E-state index contributed by atoms with van der Waals surface area (Å²) >= 11 is 0. The number of carbonyl (C=O) groups is 2. The second-order valence-corrected chi connectivity index (χ2v) is 10.6. The van der Waals surface area contributed by atoms with Gasteiger partial charge in [-0.1, -0.05) is 43.7 Å². The van der Waals surface area contributed by atoms with Crippen LogP contribution in [0.3, 0.4) is 0 Å². The minimum Gasteiger partial charge on any atom is -0.375 e. The largest absolute Gasteiger partial charge is 0.375 e. The van der Waals surface area contributed by atoms with Gasteiger partial charge >= 0.3 is 0 Å². The molecule has 3 rings (SSSR count). The van der Waals surface area contributed by atoms with Gasteiger partial charge in [0.1, 0.15) is 12.6 Å². The summed E-state index contributed by atoms with van der Waals surface area (Å²) in [6.07, 6.45) is 5.18. The number of amides is 2. The molecule has 7 nitrogen and oxygen atoms in total. The Bertz CT molecular complexity index is 790. The molecule has 7 heteroatoms. The zero-order chi connectivity index (χ0) is 24.7. The maximum atomic E-state index is 13.5. The van der Waals surface area contributed by atoms with E-state index >= 15 is 0 Å². The van der Waals surface area contributed by atoms with E-state index in [0.717, 1.165) is 45.2 Å². The van der Waals surface area contributed by atoms with Gasteiger partial charge in [0.15, 0.2) is 0 Å². The lowest BCUT2D eigenvalue weighted by Crippen LogP contribution is -2.59. The summed E-state index contributed by atoms with van der Waals surface area (Å²) in [4.78, 5) is 30.5.